The maximum absolute atomic E-state index is 13.0. The lowest BCUT2D eigenvalue weighted by molar-refractivity contribution is -0.147. The molecule has 6 rings (SSSR count). The third-order valence-corrected chi connectivity index (χ3v) is 8.29. The fourth-order valence-electron chi connectivity index (χ4n) is 7.24. The van der Waals surface area contributed by atoms with Crippen molar-refractivity contribution < 1.29 is 14.3 Å². The van der Waals surface area contributed by atoms with Crippen LogP contribution in [0.4, 0.5) is 0 Å². The van der Waals surface area contributed by atoms with Crippen LogP contribution in [0.1, 0.15) is 50.5 Å². The summed E-state index contributed by atoms with van der Waals surface area (Å²) in [5, 5.41) is 3.53. The summed E-state index contributed by atoms with van der Waals surface area (Å²) in [4.78, 5) is 26.9. The third-order valence-electron chi connectivity index (χ3n) is 8.29. The minimum atomic E-state index is -0.113. The molecule has 1 N–H and O–H groups in total. The highest BCUT2D eigenvalue weighted by molar-refractivity contribution is 5.79. The number of carbonyl (C=O) groups is 2. The smallest absolute Gasteiger partial charge is 0.308 e. The van der Waals surface area contributed by atoms with Crippen molar-refractivity contribution in [3.8, 4) is 0 Å². The Morgan fingerprint density at radius 2 is 1.90 bits per heavy atom. The summed E-state index contributed by atoms with van der Waals surface area (Å²) in [7, 11) is 1.45. The van der Waals surface area contributed by atoms with E-state index in [1.165, 1.54) is 31.9 Å². The van der Waals surface area contributed by atoms with Crippen LogP contribution in [-0.2, 0) is 19.7 Å². The van der Waals surface area contributed by atoms with E-state index >= 15 is 0 Å². The van der Waals surface area contributed by atoms with E-state index in [1.807, 2.05) is 0 Å². The molecule has 1 aromatic carbocycles. The topological polar surface area (TPSA) is 58.6 Å². The molecule has 5 nitrogen and oxygen atoms in total. The fraction of sp³-hybridized carbons (Fsp3) is 0.667. The number of esters is 1. The molecule has 5 aliphatic rings. The van der Waals surface area contributed by atoms with Crippen LogP contribution in [0.25, 0.3) is 0 Å². The second kappa shape index (κ2) is 7.12. The van der Waals surface area contributed by atoms with Gasteiger partial charge in [-0.1, -0.05) is 30.3 Å². The number of likely N-dealkylation sites (tertiary alicyclic amines) is 1. The third kappa shape index (κ3) is 3.27. The molecule has 4 atom stereocenters. The van der Waals surface area contributed by atoms with E-state index in [9.17, 15) is 9.59 Å². The molecular weight excluding hydrogens is 364 g/mol. The molecule has 1 saturated heterocycles. The van der Waals surface area contributed by atoms with Crippen LogP contribution in [0.15, 0.2) is 30.3 Å². The standard InChI is InChI=1S/C24H32N2O3/c1-29-22(28)18-7-9-26(10-8-18)15-21(27)25-24-13-17-11-20(24)14-23(12-17,16-24)19-5-3-2-4-6-19/h2-6,17-18,20H,7-16H2,1H3,(H,25,27). The van der Waals surface area contributed by atoms with Gasteiger partial charge in [0.15, 0.2) is 0 Å². The van der Waals surface area contributed by atoms with Gasteiger partial charge in [0.1, 0.15) is 0 Å². The first-order chi connectivity index (χ1) is 14.0. The predicted octanol–water partition coefficient (Wildman–Crippen LogP) is 2.89. The first kappa shape index (κ1) is 19.1. The van der Waals surface area contributed by atoms with Gasteiger partial charge in [0.25, 0.3) is 0 Å². The van der Waals surface area contributed by atoms with Crippen molar-refractivity contribution in [3.63, 3.8) is 0 Å². The highest BCUT2D eigenvalue weighted by atomic mass is 16.5. The normalized spacial score (nSPS) is 36.3. The molecule has 4 unspecified atom stereocenters. The highest BCUT2D eigenvalue weighted by Gasteiger charge is 2.64. The first-order valence-electron chi connectivity index (χ1n) is 11.2. The molecule has 4 bridgehead atoms. The van der Waals surface area contributed by atoms with Crippen LogP contribution in [-0.4, -0.2) is 49.1 Å². The van der Waals surface area contributed by atoms with Gasteiger partial charge in [-0.15, -0.1) is 0 Å². The summed E-state index contributed by atoms with van der Waals surface area (Å²) in [6.07, 6.45) is 7.60. The number of ether oxygens (including phenoxy) is 1. The van der Waals surface area contributed by atoms with Gasteiger partial charge < -0.3 is 10.1 Å². The second-order valence-corrected chi connectivity index (χ2v) is 10.0. The van der Waals surface area contributed by atoms with Crippen molar-refractivity contribution in [3.05, 3.63) is 35.9 Å². The number of hydrogen-bond donors (Lipinski definition) is 1. The Bertz CT molecular complexity index is 789. The first-order valence-corrected chi connectivity index (χ1v) is 11.2. The SMILES string of the molecule is COC(=O)C1CCN(CC(=O)NC23CC4CC2CC(c2ccccc2)(C4)C3)CC1. The Morgan fingerprint density at radius 3 is 2.62 bits per heavy atom. The minimum absolute atomic E-state index is 0.000179. The number of hydrogen-bond acceptors (Lipinski definition) is 4. The van der Waals surface area contributed by atoms with Crippen molar-refractivity contribution >= 4 is 11.9 Å². The van der Waals surface area contributed by atoms with Crippen molar-refractivity contribution in [1.29, 1.82) is 0 Å². The molecule has 1 amide bonds. The van der Waals surface area contributed by atoms with E-state index in [2.05, 4.69) is 40.5 Å². The van der Waals surface area contributed by atoms with E-state index in [-0.39, 0.29) is 28.7 Å². The van der Waals surface area contributed by atoms with Gasteiger partial charge in [0.05, 0.1) is 19.6 Å². The van der Waals surface area contributed by atoms with E-state index in [1.54, 1.807) is 0 Å². The summed E-state index contributed by atoms with van der Waals surface area (Å²) in [6.45, 7) is 2.03. The molecule has 5 heteroatoms. The zero-order valence-electron chi connectivity index (χ0n) is 17.4. The Labute approximate surface area is 173 Å². The molecule has 29 heavy (non-hydrogen) atoms. The number of rotatable bonds is 5. The van der Waals surface area contributed by atoms with Gasteiger partial charge in [-0.3, -0.25) is 14.5 Å². The average Bonchev–Trinajstić information content (AvgIpc) is 3.10. The minimum Gasteiger partial charge on any atom is -0.469 e. The van der Waals surface area contributed by atoms with Crippen LogP contribution in [0.3, 0.4) is 0 Å². The molecule has 0 aromatic heterocycles. The molecule has 1 aliphatic heterocycles. The lowest BCUT2D eigenvalue weighted by atomic mass is 9.65. The summed E-state index contributed by atoms with van der Waals surface area (Å²) < 4.78 is 4.86. The number of nitrogens with one attached hydrogen (secondary N) is 1. The van der Waals surface area contributed by atoms with E-state index in [0.29, 0.717) is 12.5 Å². The highest BCUT2D eigenvalue weighted by Crippen LogP contribution is 2.66. The van der Waals surface area contributed by atoms with Gasteiger partial charge in [0, 0.05) is 5.54 Å². The van der Waals surface area contributed by atoms with Crippen LogP contribution < -0.4 is 5.32 Å². The van der Waals surface area contributed by atoms with Gasteiger partial charge in [-0.05, 0) is 80.8 Å². The summed E-state index contributed by atoms with van der Waals surface area (Å²) in [6, 6.07) is 11.0. The number of carbonyl (C=O) groups excluding carboxylic acids is 2. The van der Waals surface area contributed by atoms with E-state index in [0.717, 1.165) is 44.7 Å². The number of benzene rings is 1. The van der Waals surface area contributed by atoms with Crippen LogP contribution in [0.5, 0.6) is 0 Å². The molecule has 156 valence electrons. The summed E-state index contributed by atoms with van der Waals surface area (Å²) >= 11 is 0. The van der Waals surface area contributed by atoms with Crippen molar-refractivity contribution in [2.24, 2.45) is 17.8 Å². The lowest BCUT2D eigenvalue weighted by Crippen LogP contribution is -2.54. The van der Waals surface area contributed by atoms with Crippen LogP contribution in [0.2, 0.25) is 0 Å². The molecule has 0 spiro atoms. The van der Waals surface area contributed by atoms with Gasteiger partial charge in [-0.2, -0.15) is 0 Å². The van der Waals surface area contributed by atoms with E-state index in [4.69, 9.17) is 4.74 Å². The molecule has 4 aliphatic carbocycles. The Hall–Kier alpha value is -1.88. The second-order valence-electron chi connectivity index (χ2n) is 10.0. The fourth-order valence-corrected chi connectivity index (χ4v) is 7.24. The summed E-state index contributed by atoms with van der Waals surface area (Å²) in [5.41, 5.74) is 1.73. The quantitative estimate of drug-likeness (QED) is 0.778. The zero-order chi connectivity index (χ0) is 20.1. The molecule has 4 saturated carbocycles. The Morgan fingerprint density at radius 1 is 1.14 bits per heavy atom. The molecule has 1 aromatic rings. The Balaban J connectivity index is 1.22. The van der Waals surface area contributed by atoms with Gasteiger partial charge in [-0.25, -0.2) is 0 Å². The van der Waals surface area contributed by atoms with Crippen molar-refractivity contribution in [1.82, 2.24) is 10.2 Å². The van der Waals surface area contributed by atoms with Crippen molar-refractivity contribution in [2.75, 3.05) is 26.7 Å². The molecule has 1 heterocycles. The van der Waals surface area contributed by atoms with Gasteiger partial charge in [0.2, 0.25) is 5.91 Å². The maximum atomic E-state index is 13.0. The Kier molecular flexibility index (Phi) is 4.69. The maximum Gasteiger partial charge on any atom is 0.308 e. The predicted molar refractivity (Wildman–Crippen MR) is 110 cm³/mol. The summed E-state index contributed by atoms with van der Waals surface area (Å²) in [5.74, 6) is 1.41. The molecule has 5 fully saturated rings. The average molecular weight is 397 g/mol. The number of methoxy groups -OCH3 is 1. The monoisotopic (exact) mass is 396 g/mol. The number of nitrogens with zero attached hydrogens (tertiary/aromatic N) is 1. The van der Waals surface area contributed by atoms with Gasteiger partial charge >= 0.3 is 5.97 Å². The number of piperidine rings is 1. The van der Waals surface area contributed by atoms with Crippen LogP contribution in [0, 0.1) is 17.8 Å². The number of amides is 1. The largest absolute Gasteiger partial charge is 0.469 e. The zero-order valence-corrected chi connectivity index (χ0v) is 17.4. The molecular formula is C24H32N2O3. The molecule has 0 radical (unpaired) electrons. The lowest BCUT2D eigenvalue weighted by Gasteiger charge is -2.42. The van der Waals surface area contributed by atoms with E-state index < -0.39 is 0 Å². The van der Waals surface area contributed by atoms with Crippen LogP contribution >= 0.6 is 0 Å². The van der Waals surface area contributed by atoms with Crippen molar-refractivity contribution in [2.45, 2.75) is 55.9 Å².